The quantitative estimate of drug-likeness (QED) is 0.640. The van der Waals surface area contributed by atoms with Gasteiger partial charge in [0.1, 0.15) is 0 Å². The number of nitrogens with two attached hydrogens (primary N) is 1. The van der Waals surface area contributed by atoms with E-state index in [1.165, 1.54) is 12.8 Å². The van der Waals surface area contributed by atoms with Crippen LogP contribution in [0.2, 0.25) is 0 Å². The number of anilines is 3. The van der Waals surface area contributed by atoms with E-state index in [2.05, 4.69) is 39.1 Å². The second kappa shape index (κ2) is 7.88. The van der Waals surface area contributed by atoms with Crippen LogP contribution in [0.5, 0.6) is 0 Å². The van der Waals surface area contributed by atoms with Gasteiger partial charge >= 0.3 is 0 Å². The van der Waals surface area contributed by atoms with E-state index < -0.39 is 0 Å². The maximum absolute atomic E-state index is 5.88. The first-order valence-corrected chi connectivity index (χ1v) is 9.79. The first-order valence-electron chi connectivity index (χ1n) is 9.79. The molecule has 0 amide bonds. The maximum atomic E-state index is 5.88. The molecule has 3 heterocycles. The molecule has 0 aromatic carbocycles. The minimum absolute atomic E-state index is 0.314. The van der Waals surface area contributed by atoms with Crippen LogP contribution < -0.4 is 11.1 Å². The smallest absolute Gasteiger partial charge is 0.227 e. The number of nitrogens with one attached hydrogen (secondary N) is 1. The van der Waals surface area contributed by atoms with E-state index >= 15 is 0 Å². The highest BCUT2D eigenvalue weighted by Crippen LogP contribution is 2.37. The second-order valence-corrected chi connectivity index (χ2v) is 7.40. The van der Waals surface area contributed by atoms with Crippen LogP contribution in [0.15, 0.2) is 36.9 Å². The predicted molar refractivity (Wildman–Crippen MR) is 110 cm³/mol. The highest BCUT2D eigenvalue weighted by molar-refractivity contribution is 5.68. The van der Waals surface area contributed by atoms with E-state index in [1.54, 1.807) is 12.4 Å². The molecule has 1 aliphatic rings. The minimum Gasteiger partial charge on any atom is -0.368 e. The zero-order valence-corrected chi connectivity index (χ0v) is 16.3. The lowest BCUT2D eigenvalue weighted by Gasteiger charge is -2.17. The Hall–Kier alpha value is -3.09. The van der Waals surface area contributed by atoms with E-state index in [4.69, 9.17) is 10.7 Å². The molecule has 7 heteroatoms. The Labute approximate surface area is 164 Å². The largest absolute Gasteiger partial charge is 0.368 e. The summed E-state index contributed by atoms with van der Waals surface area (Å²) < 4.78 is 0. The van der Waals surface area contributed by atoms with Gasteiger partial charge in [0.2, 0.25) is 11.9 Å². The topological polar surface area (TPSA) is 102 Å². The zero-order valence-electron chi connectivity index (χ0n) is 16.3. The molecule has 144 valence electrons. The molecule has 3 N–H and O–H groups in total. The lowest BCUT2D eigenvalue weighted by atomic mass is 9.94. The van der Waals surface area contributed by atoms with Crippen molar-refractivity contribution < 1.29 is 0 Å². The standard InChI is InChI=1S/C21H25N7/c1-3-13(2)16-11-25-21(26-15-6-8-23-9-7-15)28-19(16)17-12-24-20(22)27-18(17)10-14-4-5-14/h6-9,11-14H,3-5,10H2,1-2H3,(H2,22,24,27)(H,23,25,26,28). The van der Waals surface area contributed by atoms with E-state index in [1.807, 2.05) is 24.5 Å². The van der Waals surface area contributed by atoms with Crippen molar-refractivity contribution in [2.75, 3.05) is 11.1 Å². The van der Waals surface area contributed by atoms with Gasteiger partial charge in [-0.1, -0.05) is 13.8 Å². The molecular weight excluding hydrogens is 350 g/mol. The van der Waals surface area contributed by atoms with Crippen LogP contribution in [-0.2, 0) is 6.42 Å². The highest BCUT2D eigenvalue weighted by Gasteiger charge is 2.26. The van der Waals surface area contributed by atoms with Gasteiger partial charge in [-0.2, -0.15) is 0 Å². The van der Waals surface area contributed by atoms with Crippen LogP contribution in [0, 0.1) is 5.92 Å². The average molecular weight is 375 g/mol. The molecule has 1 aliphatic carbocycles. The fourth-order valence-corrected chi connectivity index (χ4v) is 3.19. The van der Waals surface area contributed by atoms with Crippen LogP contribution in [0.25, 0.3) is 11.3 Å². The molecule has 0 aliphatic heterocycles. The van der Waals surface area contributed by atoms with Crippen LogP contribution in [-0.4, -0.2) is 24.9 Å². The number of nitrogen functional groups attached to an aromatic ring is 1. The molecule has 28 heavy (non-hydrogen) atoms. The lowest BCUT2D eigenvalue weighted by Crippen LogP contribution is -2.08. The third kappa shape index (κ3) is 4.08. The number of hydrogen-bond acceptors (Lipinski definition) is 7. The van der Waals surface area contributed by atoms with Gasteiger partial charge in [0, 0.05) is 36.0 Å². The summed E-state index contributed by atoms with van der Waals surface area (Å²) in [5.74, 6) is 1.88. The monoisotopic (exact) mass is 375 g/mol. The molecule has 1 saturated carbocycles. The minimum atomic E-state index is 0.314. The van der Waals surface area contributed by atoms with Crippen molar-refractivity contribution in [2.45, 2.75) is 45.4 Å². The normalized spacial score (nSPS) is 14.6. The molecule has 3 aromatic heterocycles. The number of hydrogen-bond donors (Lipinski definition) is 2. The van der Waals surface area contributed by atoms with Gasteiger partial charge in [-0.3, -0.25) is 4.98 Å². The summed E-state index contributed by atoms with van der Waals surface area (Å²) in [5.41, 5.74) is 10.7. The first kappa shape index (κ1) is 18.3. The van der Waals surface area contributed by atoms with Gasteiger partial charge in [0.25, 0.3) is 0 Å². The fourth-order valence-electron chi connectivity index (χ4n) is 3.19. The number of aromatic nitrogens is 5. The molecule has 7 nitrogen and oxygen atoms in total. The van der Waals surface area contributed by atoms with Gasteiger partial charge < -0.3 is 11.1 Å². The average Bonchev–Trinajstić information content (AvgIpc) is 3.52. The Kier molecular flexibility index (Phi) is 5.14. The van der Waals surface area contributed by atoms with E-state index in [0.29, 0.717) is 23.7 Å². The molecule has 1 atom stereocenters. The molecule has 0 spiro atoms. The van der Waals surface area contributed by atoms with Crippen LogP contribution in [0.3, 0.4) is 0 Å². The zero-order chi connectivity index (χ0) is 19.5. The summed E-state index contributed by atoms with van der Waals surface area (Å²) in [7, 11) is 0. The predicted octanol–water partition coefficient (Wildman–Crippen LogP) is 4.12. The Morgan fingerprint density at radius 2 is 1.93 bits per heavy atom. The summed E-state index contributed by atoms with van der Waals surface area (Å²) in [6.07, 6.45) is 11.6. The van der Waals surface area contributed by atoms with Gasteiger partial charge in [0.05, 0.1) is 11.4 Å². The molecule has 3 aromatic rings. The van der Waals surface area contributed by atoms with Crippen molar-refractivity contribution in [3.63, 3.8) is 0 Å². The van der Waals surface area contributed by atoms with Crippen molar-refractivity contribution in [2.24, 2.45) is 5.92 Å². The molecule has 1 fully saturated rings. The molecule has 4 rings (SSSR count). The Morgan fingerprint density at radius 3 is 2.64 bits per heavy atom. The van der Waals surface area contributed by atoms with Crippen LogP contribution >= 0.6 is 0 Å². The summed E-state index contributed by atoms with van der Waals surface area (Å²) >= 11 is 0. The van der Waals surface area contributed by atoms with Crippen molar-refractivity contribution in [1.82, 2.24) is 24.9 Å². The summed E-state index contributed by atoms with van der Waals surface area (Å²) in [6.45, 7) is 4.36. The third-order valence-electron chi connectivity index (χ3n) is 5.22. The Morgan fingerprint density at radius 1 is 1.14 bits per heavy atom. The Bertz CT molecular complexity index is 954. The van der Waals surface area contributed by atoms with Crippen molar-refractivity contribution in [3.05, 3.63) is 48.2 Å². The van der Waals surface area contributed by atoms with Gasteiger partial charge in [-0.15, -0.1) is 0 Å². The molecular formula is C21H25N7. The third-order valence-corrected chi connectivity index (χ3v) is 5.22. The van der Waals surface area contributed by atoms with E-state index in [0.717, 1.165) is 41.0 Å². The fraction of sp³-hybridized carbons (Fsp3) is 0.381. The Balaban J connectivity index is 1.78. The second-order valence-electron chi connectivity index (χ2n) is 7.40. The molecule has 0 radical (unpaired) electrons. The van der Waals surface area contributed by atoms with Crippen LogP contribution in [0.4, 0.5) is 17.6 Å². The maximum Gasteiger partial charge on any atom is 0.227 e. The summed E-state index contributed by atoms with van der Waals surface area (Å²) in [6, 6.07) is 3.77. The van der Waals surface area contributed by atoms with Gasteiger partial charge in [-0.25, -0.2) is 19.9 Å². The van der Waals surface area contributed by atoms with Crippen molar-refractivity contribution in [3.8, 4) is 11.3 Å². The first-order chi connectivity index (χ1) is 13.6. The van der Waals surface area contributed by atoms with E-state index in [-0.39, 0.29) is 0 Å². The van der Waals surface area contributed by atoms with Gasteiger partial charge in [0.15, 0.2) is 0 Å². The molecule has 0 bridgehead atoms. The molecule has 1 unspecified atom stereocenters. The van der Waals surface area contributed by atoms with Crippen molar-refractivity contribution in [1.29, 1.82) is 0 Å². The lowest BCUT2D eigenvalue weighted by molar-refractivity contribution is 0.726. The number of nitrogens with zero attached hydrogens (tertiary/aromatic N) is 5. The SMILES string of the molecule is CCC(C)c1cnc(Nc2ccncc2)nc1-c1cnc(N)nc1CC1CC1. The van der Waals surface area contributed by atoms with Crippen molar-refractivity contribution >= 4 is 17.6 Å². The number of pyridine rings is 1. The highest BCUT2D eigenvalue weighted by atomic mass is 15.1. The summed E-state index contributed by atoms with van der Waals surface area (Å²) in [4.78, 5) is 22.3. The number of rotatable bonds is 7. The van der Waals surface area contributed by atoms with Gasteiger partial charge in [-0.05, 0) is 55.2 Å². The van der Waals surface area contributed by atoms with E-state index in [9.17, 15) is 0 Å². The summed E-state index contributed by atoms with van der Waals surface area (Å²) in [5, 5.41) is 3.25. The van der Waals surface area contributed by atoms with Crippen LogP contribution in [0.1, 0.15) is 50.3 Å². The molecule has 0 saturated heterocycles.